The molecule has 0 saturated heterocycles. The van der Waals surface area contributed by atoms with Gasteiger partial charge in [-0.15, -0.1) is 0 Å². The molecule has 0 fully saturated rings. The summed E-state index contributed by atoms with van der Waals surface area (Å²) in [7, 11) is 3.06. The molecule has 0 aliphatic heterocycles. The van der Waals surface area contributed by atoms with Crippen LogP contribution in [0.4, 0.5) is 13.6 Å². The van der Waals surface area contributed by atoms with Crippen molar-refractivity contribution in [1.82, 2.24) is 19.4 Å². The van der Waals surface area contributed by atoms with Crippen molar-refractivity contribution in [1.29, 1.82) is 0 Å². The van der Waals surface area contributed by atoms with Crippen molar-refractivity contribution < 1.29 is 23.0 Å². The Morgan fingerprint density at radius 1 is 1.22 bits per heavy atom. The van der Waals surface area contributed by atoms with Gasteiger partial charge in [0.05, 0.1) is 12.2 Å². The molecule has 1 aromatic carbocycles. The number of halogens is 3. The zero-order valence-electron chi connectivity index (χ0n) is 17.4. The minimum atomic E-state index is -0.735. The van der Waals surface area contributed by atoms with E-state index in [0.29, 0.717) is 11.4 Å². The lowest BCUT2D eigenvalue weighted by atomic mass is 10.2. The molecule has 0 aliphatic carbocycles. The average Bonchev–Trinajstić information content (AvgIpc) is 2.74. The third-order valence-corrected chi connectivity index (χ3v) is 5.10. The lowest BCUT2D eigenvalue weighted by molar-refractivity contribution is 0.167. The largest absolute Gasteiger partial charge is 0.487 e. The summed E-state index contributed by atoms with van der Waals surface area (Å²) in [6, 6.07) is 6.25. The van der Waals surface area contributed by atoms with E-state index in [1.165, 1.54) is 35.8 Å². The highest BCUT2D eigenvalue weighted by Crippen LogP contribution is 2.24. The maximum Gasteiger partial charge on any atom is 0.417 e. The van der Waals surface area contributed by atoms with E-state index in [-0.39, 0.29) is 34.9 Å². The predicted octanol–water partition coefficient (Wildman–Crippen LogP) is 3.68. The van der Waals surface area contributed by atoms with Gasteiger partial charge in [-0.3, -0.25) is 4.79 Å². The van der Waals surface area contributed by atoms with Gasteiger partial charge in [0.1, 0.15) is 28.5 Å². The number of carbonyl (C=O) groups excluding carboxylic acids is 1. The van der Waals surface area contributed by atoms with Crippen molar-refractivity contribution in [2.24, 2.45) is 0 Å². The number of benzene rings is 1. The molecule has 0 unspecified atom stereocenters. The number of aromatic nitrogens is 3. The van der Waals surface area contributed by atoms with Gasteiger partial charge in [-0.2, -0.15) is 4.98 Å². The van der Waals surface area contributed by atoms with Gasteiger partial charge in [0, 0.05) is 43.7 Å². The topological polar surface area (TPSA) is 86.6 Å². The number of rotatable bonds is 6. The molecule has 8 nitrogen and oxygen atoms in total. The zero-order chi connectivity index (χ0) is 23.4. The van der Waals surface area contributed by atoms with E-state index in [9.17, 15) is 18.4 Å². The molecular weight excluding hydrogens is 490 g/mol. The monoisotopic (exact) mass is 508 g/mol. The number of nitrogens with zero attached hydrogens (tertiary/aromatic N) is 4. The number of amides is 1. The molecule has 1 amide bonds. The molecular formula is C21H19BrF2N4O4. The minimum Gasteiger partial charge on any atom is -0.487 e. The Kier molecular flexibility index (Phi) is 7.18. The number of ether oxygens (including phenoxy) is 2. The standard InChI is InChI=1S/C21H19BrF2N4O4/c1-12-8-17(31-11-13-4-5-14(23)9-16(13)24)18(22)19(29)28(12)10-15-6-7-25-20(26-15)32-21(30)27(2)3/h4-9H,10-11H2,1-3H3. The molecule has 0 atom stereocenters. The van der Waals surface area contributed by atoms with Gasteiger partial charge in [0.2, 0.25) is 0 Å². The second-order valence-electron chi connectivity index (χ2n) is 6.97. The molecule has 0 spiro atoms. The Labute approximate surface area is 190 Å². The Hall–Kier alpha value is -3.34. The first-order valence-corrected chi connectivity index (χ1v) is 10.1. The number of carbonyl (C=O) groups is 1. The number of pyridine rings is 1. The van der Waals surface area contributed by atoms with Gasteiger partial charge in [-0.05, 0) is 41.1 Å². The van der Waals surface area contributed by atoms with Crippen LogP contribution in [0.2, 0.25) is 0 Å². The van der Waals surface area contributed by atoms with E-state index in [1.807, 2.05) is 0 Å². The van der Waals surface area contributed by atoms with E-state index in [1.54, 1.807) is 19.1 Å². The summed E-state index contributed by atoms with van der Waals surface area (Å²) in [5, 5.41) is 0. The van der Waals surface area contributed by atoms with Gasteiger partial charge in [0.25, 0.3) is 5.56 Å². The van der Waals surface area contributed by atoms with Gasteiger partial charge in [0.15, 0.2) is 0 Å². The van der Waals surface area contributed by atoms with Crippen LogP contribution in [-0.4, -0.2) is 39.6 Å². The van der Waals surface area contributed by atoms with Crippen LogP contribution in [0.5, 0.6) is 11.8 Å². The number of hydrogen-bond donors (Lipinski definition) is 0. The maximum atomic E-state index is 13.8. The van der Waals surface area contributed by atoms with E-state index in [0.717, 1.165) is 12.1 Å². The molecule has 0 radical (unpaired) electrons. The van der Waals surface area contributed by atoms with Gasteiger partial charge in [-0.25, -0.2) is 18.6 Å². The van der Waals surface area contributed by atoms with E-state index in [4.69, 9.17) is 9.47 Å². The first-order chi connectivity index (χ1) is 15.2. The Bertz CT molecular complexity index is 1220. The second kappa shape index (κ2) is 9.86. The second-order valence-corrected chi connectivity index (χ2v) is 7.77. The summed E-state index contributed by atoms with van der Waals surface area (Å²) < 4.78 is 39.1. The Morgan fingerprint density at radius 3 is 2.66 bits per heavy atom. The summed E-state index contributed by atoms with van der Waals surface area (Å²) in [4.78, 5) is 33.8. The van der Waals surface area contributed by atoms with Crippen LogP contribution >= 0.6 is 15.9 Å². The van der Waals surface area contributed by atoms with Crippen LogP contribution < -0.4 is 15.0 Å². The normalized spacial score (nSPS) is 10.7. The SMILES string of the molecule is Cc1cc(OCc2ccc(F)cc2F)c(Br)c(=O)n1Cc1ccnc(OC(=O)N(C)C)n1. The van der Waals surface area contributed by atoms with Crippen LogP contribution in [0, 0.1) is 18.6 Å². The van der Waals surface area contributed by atoms with Crippen molar-refractivity contribution in [3.05, 3.63) is 79.9 Å². The average molecular weight is 509 g/mol. The maximum absolute atomic E-state index is 13.8. The molecule has 11 heteroatoms. The minimum absolute atomic E-state index is 0.0885. The zero-order valence-corrected chi connectivity index (χ0v) is 19.0. The molecule has 2 heterocycles. The highest BCUT2D eigenvalue weighted by Gasteiger charge is 2.15. The fourth-order valence-electron chi connectivity index (χ4n) is 2.66. The first kappa shape index (κ1) is 23.3. The van der Waals surface area contributed by atoms with Gasteiger partial charge < -0.3 is 18.9 Å². The summed E-state index contributed by atoms with van der Waals surface area (Å²) in [5.41, 5.74) is 0.755. The summed E-state index contributed by atoms with van der Waals surface area (Å²) in [6.45, 7) is 1.61. The van der Waals surface area contributed by atoms with Crippen LogP contribution in [-0.2, 0) is 13.2 Å². The molecule has 2 aromatic heterocycles. The van der Waals surface area contributed by atoms with E-state index >= 15 is 0 Å². The van der Waals surface area contributed by atoms with Crippen molar-refractivity contribution >= 4 is 22.0 Å². The van der Waals surface area contributed by atoms with Crippen LogP contribution in [0.1, 0.15) is 17.0 Å². The number of hydrogen-bond acceptors (Lipinski definition) is 6. The molecule has 0 N–H and O–H groups in total. The Balaban J connectivity index is 1.80. The predicted molar refractivity (Wildman–Crippen MR) is 115 cm³/mol. The quantitative estimate of drug-likeness (QED) is 0.504. The molecule has 0 bridgehead atoms. The summed E-state index contributed by atoms with van der Waals surface area (Å²) in [6.07, 6.45) is 0.794. The fraction of sp³-hybridized carbons (Fsp3) is 0.238. The molecule has 0 saturated carbocycles. The van der Waals surface area contributed by atoms with E-state index < -0.39 is 23.3 Å². The third kappa shape index (κ3) is 5.47. The van der Waals surface area contributed by atoms with Crippen molar-refractivity contribution in [2.75, 3.05) is 14.1 Å². The van der Waals surface area contributed by atoms with Crippen molar-refractivity contribution in [3.8, 4) is 11.8 Å². The smallest absolute Gasteiger partial charge is 0.417 e. The lowest BCUT2D eigenvalue weighted by Crippen LogP contribution is -2.27. The van der Waals surface area contributed by atoms with Crippen LogP contribution in [0.25, 0.3) is 0 Å². The van der Waals surface area contributed by atoms with E-state index in [2.05, 4.69) is 25.9 Å². The molecule has 0 aliphatic rings. The van der Waals surface area contributed by atoms with Crippen LogP contribution in [0.15, 0.2) is 45.8 Å². The highest BCUT2D eigenvalue weighted by atomic mass is 79.9. The van der Waals surface area contributed by atoms with Gasteiger partial charge in [-0.1, -0.05) is 0 Å². The van der Waals surface area contributed by atoms with Gasteiger partial charge >= 0.3 is 12.1 Å². The molecule has 168 valence electrons. The molecule has 3 rings (SSSR count). The van der Waals surface area contributed by atoms with Crippen molar-refractivity contribution in [2.45, 2.75) is 20.1 Å². The Morgan fingerprint density at radius 2 is 1.97 bits per heavy atom. The summed E-state index contributed by atoms with van der Waals surface area (Å²) in [5.74, 6) is -1.20. The number of aryl methyl sites for hydroxylation is 1. The summed E-state index contributed by atoms with van der Waals surface area (Å²) >= 11 is 3.23. The third-order valence-electron chi connectivity index (χ3n) is 4.37. The first-order valence-electron chi connectivity index (χ1n) is 9.33. The highest BCUT2D eigenvalue weighted by molar-refractivity contribution is 9.10. The molecule has 32 heavy (non-hydrogen) atoms. The lowest BCUT2D eigenvalue weighted by Gasteiger charge is -2.15. The van der Waals surface area contributed by atoms with Crippen LogP contribution in [0.3, 0.4) is 0 Å². The molecule has 3 aromatic rings. The fourth-order valence-corrected chi connectivity index (χ4v) is 3.10. The van der Waals surface area contributed by atoms with Crippen molar-refractivity contribution in [3.63, 3.8) is 0 Å².